The summed E-state index contributed by atoms with van der Waals surface area (Å²) < 4.78 is 39.9. The number of rotatable bonds is 10. The van der Waals surface area contributed by atoms with Gasteiger partial charge < -0.3 is 25.0 Å². The Hall–Kier alpha value is -5.05. The number of esters is 1. The Morgan fingerprint density at radius 3 is 2.21 bits per heavy atom. The van der Waals surface area contributed by atoms with Crippen LogP contribution in [0.4, 0.5) is 15.5 Å². The first-order valence-corrected chi connectivity index (χ1v) is 22.1. The highest BCUT2D eigenvalue weighted by atomic mass is 32.2. The molecule has 14 heteroatoms. The van der Waals surface area contributed by atoms with Crippen molar-refractivity contribution in [1.82, 2.24) is 9.21 Å². The van der Waals surface area contributed by atoms with Gasteiger partial charge in [-0.05, 0) is 137 Å². The average molecular weight is 827 g/mol. The molecule has 7 rings (SSSR count). The van der Waals surface area contributed by atoms with Gasteiger partial charge in [0.25, 0.3) is 11.8 Å². The van der Waals surface area contributed by atoms with E-state index in [-0.39, 0.29) is 47.4 Å². The molecule has 0 saturated carbocycles. The van der Waals surface area contributed by atoms with Gasteiger partial charge in [-0.25, -0.2) is 18.0 Å². The van der Waals surface area contributed by atoms with Gasteiger partial charge in [-0.2, -0.15) is 4.31 Å². The second-order valence-electron chi connectivity index (χ2n) is 16.2. The predicted molar refractivity (Wildman–Crippen MR) is 223 cm³/mol. The summed E-state index contributed by atoms with van der Waals surface area (Å²) in [5.41, 5.74) is 4.17. The lowest BCUT2D eigenvalue weighted by Gasteiger charge is -2.37. The summed E-state index contributed by atoms with van der Waals surface area (Å²) in [4.78, 5) is 55.3. The van der Waals surface area contributed by atoms with Crippen LogP contribution in [0.3, 0.4) is 0 Å². The molecule has 3 amide bonds. The van der Waals surface area contributed by atoms with Crippen molar-refractivity contribution in [2.24, 2.45) is 5.92 Å². The number of amides is 3. The van der Waals surface area contributed by atoms with Crippen molar-refractivity contribution in [3.63, 3.8) is 0 Å². The molecule has 3 aliphatic rings. The van der Waals surface area contributed by atoms with E-state index < -0.39 is 27.6 Å². The van der Waals surface area contributed by atoms with E-state index >= 15 is 0 Å². The lowest BCUT2D eigenvalue weighted by atomic mass is 9.92. The van der Waals surface area contributed by atoms with Gasteiger partial charge >= 0.3 is 12.1 Å². The summed E-state index contributed by atoms with van der Waals surface area (Å²) in [7, 11) is -2.64. The molecule has 2 saturated heterocycles. The van der Waals surface area contributed by atoms with Gasteiger partial charge in [-0.1, -0.05) is 30.3 Å². The number of ether oxygens (including phenoxy) is 2. The fraction of sp³-hybridized carbons (Fsp3) is 0.409. The maximum Gasteiger partial charge on any atom is 0.410 e. The van der Waals surface area contributed by atoms with Gasteiger partial charge in [0.2, 0.25) is 10.0 Å². The molecule has 2 unspecified atom stereocenters. The molecule has 0 spiro atoms. The molecule has 4 aromatic rings. The molecule has 0 radical (unpaired) electrons. The molecule has 1 aromatic heterocycles. The maximum absolute atomic E-state index is 14.0. The number of methoxy groups -OCH3 is 1. The predicted octanol–water partition coefficient (Wildman–Crippen LogP) is 7.72. The number of carbonyl (C=O) groups excluding carboxylic acids is 4. The summed E-state index contributed by atoms with van der Waals surface area (Å²) >= 11 is 1.39. The van der Waals surface area contributed by atoms with Crippen molar-refractivity contribution >= 4 is 55.9 Å². The van der Waals surface area contributed by atoms with Gasteiger partial charge in [-0.15, -0.1) is 11.3 Å². The van der Waals surface area contributed by atoms with Gasteiger partial charge in [0.05, 0.1) is 29.2 Å². The first-order chi connectivity index (χ1) is 27.7. The van der Waals surface area contributed by atoms with E-state index in [1.165, 1.54) is 34.9 Å². The molecule has 1 aliphatic carbocycles. The molecule has 0 bridgehead atoms. The largest absolute Gasteiger partial charge is 0.465 e. The number of fused-ring (bicyclic) bond motifs is 2. The Labute approximate surface area is 344 Å². The molecular weight excluding hydrogens is 777 g/mol. The minimum Gasteiger partial charge on any atom is -0.465 e. The zero-order valence-electron chi connectivity index (χ0n) is 33.3. The van der Waals surface area contributed by atoms with Crippen LogP contribution in [-0.4, -0.2) is 79.9 Å². The second kappa shape index (κ2) is 17.0. The quantitative estimate of drug-likeness (QED) is 0.154. The maximum atomic E-state index is 14.0. The minimum absolute atomic E-state index is 0.00836. The number of aryl methyl sites for hydroxylation is 3. The lowest BCUT2D eigenvalue weighted by molar-refractivity contribution is 0.00639. The topological polar surface area (TPSA) is 151 Å². The number of carbonyl (C=O) groups is 4. The SMILES string of the molecule is COC(=O)c1ccc(CCc2ccc(NC(=O)c3c(NC(=O)c4cccc(S(=O)(=O)N5CC6CCCN(C(=O)OC(C)(C)C)C6C5)c4)sc4c3CCCC4)cc2)cc1. The van der Waals surface area contributed by atoms with Crippen LogP contribution in [0.25, 0.3) is 0 Å². The number of hydrogen-bond acceptors (Lipinski definition) is 9. The number of sulfonamides is 1. The molecular formula is C44H50N4O8S2. The highest BCUT2D eigenvalue weighted by Crippen LogP contribution is 2.39. The van der Waals surface area contributed by atoms with Crippen LogP contribution in [0.1, 0.15) is 99.1 Å². The van der Waals surface area contributed by atoms with Crippen molar-refractivity contribution in [3.05, 3.63) is 111 Å². The summed E-state index contributed by atoms with van der Waals surface area (Å²) in [5.74, 6) is -1.22. The van der Waals surface area contributed by atoms with Crippen LogP contribution >= 0.6 is 11.3 Å². The van der Waals surface area contributed by atoms with Crippen molar-refractivity contribution < 1.29 is 37.1 Å². The molecule has 306 valence electrons. The number of benzene rings is 3. The Morgan fingerprint density at radius 2 is 1.52 bits per heavy atom. The number of piperidine rings is 1. The van der Waals surface area contributed by atoms with Gasteiger partial charge in [0.1, 0.15) is 10.6 Å². The fourth-order valence-electron chi connectivity index (χ4n) is 8.06. The lowest BCUT2D eigenvalue weighted by Crippen LogP contribution is -2.50. The normalized spacial score (nSPS) is 18.2. The molecule has 3 heterocycles. The van der Waals surface area contributed by atoms with E-state index in [0.29, 0.717) is 28.4 Å². The number of hydrogen-bond donors (Lipinski definition) is 2. The number of nitrogens with zero attached hydrogens (tertiary/aromatic N) is 2. The first-order valence-electron chi connectivity index (χ1n) is 19.8. The smallest absolute Gasteiger partial charge is 0.410 e. The third kappa shape index (κ3) is 9.14. The summed E-state index contributed by atoms with van der Waals surface area (Å²) in [6.07, 6.45) is 6.15. The van der Waals surface area contributed by atoms with Crippen molar-refractivity contribution in [2.75, 3.05) is 37.4 Å². The van der Waals surface area contributed by atoms with E-state index in [1.807, 2.05) is 57.2 Å². The van der Waals surface area contributed by atoms with Crippen LogP contribution < -0.4 is 10.6 Å². The third-order valence-electron chi connectivity index (χ3n) is 11.0. The Kier molecular flexibility index (Phi) is 12.1. The second-order valence-corrected chi connectivity index (χ2v) is 19.2. The highest BCUT2D eigenvalue weighted by Gasteiger charge is 2.46. The van der Waals surface area contributed by atoms with Gasteiger partial charge in [0.15, 0.2) is 0 Å². The summed E-state index contributed by atoms with van der Waals surface area (Å²) in [6, 6.07) is 20.7. The monoisotopic (exact) mass is 826 g/mol. The molecule has 12 nitrogen and oxygen atoms in total. The number of likely N-dealkylation sites (tertiary alicyclic amines) is 1. The van der Waals surface area contributed by atoms with Crippen LogP contribution in [-0.2, 0) is 45.2 Å². The average Bonchev–Trinajstić information content (AvgIpc) is 3.82. The van der Waals surface area contributed by atoms with Crippen LogP contribution in [0.2, 0.25) is 0 Å². The molecule has 3 aromatic carbocycles. The van der Waals surface area contributed by atoms with E-state index in [0.717, 1.165) is 72.9 Å². The number of anilines is 2. The van der Waals surface area contributed by atoms with Crippen molar-refractivity contribution in [2.45, 2.75) is 88.7 Å². The zero-order chi connectivity index (χ0) is 41.2. The zero-order valence-corrected chi connectivity index (χ0v) is 35.0. The highest BCUT2D eigenvalue weighted by molar-refractivity contribution is 7.89. The van der Waals surface area contributed by atoms with Crippen LogP contribution in [0.5, 0.6) is 0 Å². The number of thiophene rings is 1. The van der Waals surface area contributed by atoms with Crippen molar-refractivity contribution in [1.29, 1.82) is 0 Å². The Bertz CT molecular complexity index is 2300. The standard InChI is InChI=1S/C44H50N4O8S2/c1-44(2,3)56-43(52)48-24-8-10-32-26-47(27-36(32)48)58(53,54)34-11-7-9-31(25-34)39(49)46-41-38(35-12-5-6-13-37(35)57-41)40(50)45-33-22-18-29(19-23-33)15-14-28-16-20-30(21-17-28)42(51)55-4/h7,9,11,16-23,25,32,36H,5-6,8,10,12-15,24,26-27H2,1-4H3,(H,45,50)(H,46,49). The fourth-order valence-corrected chi connectivity index (χ4v) is 10.9. The minimum atomic E-state index is -4.00. The van der Waals surface area contributed by atoms with E-state index in [9.17, 15) is 27.6 Å². The van der Waals surface area contributed by atoms with E-state index in [2.05, 4.69) is 10.6 Å². The molecule has 2 N–H and O–H groups in total. The third-order valence-corrected chi connectivity index (χ3v) is 14.1. The molecule has 58 heavy (non-hydrogen) atoms. The Morgan fingerprint density at radius 1 is 0.828 bits per heavy atom. The van der Waals surface area contributed by atoms with Crippen LogP contribution in [0.15, 0.2) is 77.7 Å². The van der Waals surface area contributed by atoms with Gasteiger partial charge in [0, 0.05) is 35.8 Å². The van der Waals surface area contributed by atoms with Gasteiger partial charge in [-0.3, -0.25) is 9.59 Å². The molecule has 2 aliphatic heterocycles. The Balaban J connectivity index is 1.02. The first kappa shape index (κ1) is 41.1. The summed E-state index contributed by atoms with van der Waals surface area (Å²) in [6.45, 7) is 6.37. The van der Waals surface area contributed by atoms with Crippen LogP contribution in [0, 0.1) is 5.92 Å². The van der Waals surface area contributed by atoms with E-state index in [4.69, 9.17) is 9.47 Å². The van der Waals surface area contributed by atoms with E-state index in [1.54, 1.807) is 29.2 Å². The molecule has 2 fully saturated rings. The van der Waals surface area contributed by atoms with Crippen molar-refractivity contribution in [3.8, 4) is 0 Å². The molecule has 2 atom stereocenters. The summed E-state index contributed by atoms with van der Waals surface area (Å²) in [5, 5.41) is 6.42. The number of nitrogens with one attached hydrogen (secondary N) is 2.